The predicted octanol–water partition coefficient (Wildman–Crippen LogP) is 5.53. The van der Waals surface area contributed by atoms with Crippen molar-refractivity contribution < 1.29 is 14.3 Å². The smallest absolute Gasteiger partial charge is 0.273 e. The van der Waals surface area contributed by atoms with Crippen molar-refractivity contribution in [2.24, 2.45) is 7.05 Å². The lowest BCUT2D eigenvalue weighted by atomic mass is 9.97. The van der Waals surface area contributed by atoms with Crippen molar-refractivity contribution >= 4 is 39.9 Å². The van der Waals surface area contributed by atoms with Crippen molar-refractivity contribution in [1.82, 2.24) is 24.9 Å². The number of imide groups is 1. The first-order valence-electron chi connectivity index (χ1n) is 13.2. The molecule has 1 aliphatic carbocycles. The Kier molecular flexibility index (Phi) is 5.92. The first-order valence-corrected chi connectivity index (χ1v) is 13.6. The van der Waals surface area contributed by atoms with E-state index >= 15 is 0 Å². The zero-order valence-corrected chi connectivity index (χ0v) is 23.0. The molecule has 0 radical (unpaired) electrons. The number of carbonyl (C=O) groups is 2. The van der Waals surface area contributed by atoms with E-state index in [-0.39, 0.29) is 23.1 Å². The van der Waals surface area contributed by atoms with E-state index in [0.29, 0.717) is 56.0 Å². The molecule has 2 aliphatic rings. The van der Waals surface area contributed by atoms with Gasteiger partial charge >= 0.3 is 0 Å². The number of amides is 2. The number of H-pyrrole nitrogens is 1. The summed E-state index contributed by atoms with van der Waals surface area (Å²) in [6.07, 6.45) is 3.71. The number of aromatic nitrogens is 4. The molecule has 7 rings (SSSR count). The maximum absolute atomic E-state index is 13.1. The first kappa shape index (κ1) is 25.7. The van der Waals surface area contributed by atoms with Crippen LogP contribution in [0.5, 0.6) is 5.75 Å². The summed E-state index contributed by atoms with van der Waals surface area (Å²) >= 11 is 6.70. The number of halogens is 1. The number of aryl methyl sites for hydroxylation is 1. The van der Waals surface area contributed by atoms with Gasteiger partial charge in [-0.15, -0.1) is 0 Å². The van der Waals surface area contributed by atoms with E-state index in [0.717, 1.165) is 17.7 Å². The molecule has 10 nitrogen and oxygen atoms in total. The third-order valence-corrected chi connectivity index (χ3v) is 7.84. The summed E-state index contributed by atoms with van der Waals surface area (Å²) < 4.78 is 7.69. The average molecular weight is 577 g/mol. The number of fused-ring (bicyclic) bond motifs is 2. The largest absolute Gasteiger partial charge is 0.501 e. The molecule has 1 aliphatic heterocycles. The van der Waals surface area contributed by atoms with Crippen molar-refractivity contribution in [2.75, 3.05) is 0 Å². The standard InChI is InChI=1S/C31H21ClN6O4/c1-33-27-20(8-5-9-25(27)42-17-10-11-17)28-22(14-34-37(28)2)16-12-21-24(35-36-29(39)26(21)23(32)13-16)15-38-30(40)18-6-3-4-7-19(18)31(38)41/h3-9,12-14,17H,10-11,15H2,2H3,(H,36,39). The van der Waals surface area contributed by atoms with Gasteiger partial charge in [-0.05, 0) is 48.7 Å². The van der Waals surface area contributed by atoms with Crippen LogP contribution in [0.4, 0.5) is 5.69 Å². The predicted molar refractivity (Wildman–Crippen MR) is 156 cm³/mol. The minimum absolute atomic E-state index is 0.122. The number of para-hydroxylation sites is 1. The number of hydrogen-bond acceptors (Lipinski definition) is 6. The van der Waals surface area contributed by atoms with Gasteiger partial charge in [0.1, 0.15) is 5.75 Å². The Morgan fingerprint density at radius 3 is 2.43 bits per heavy atom. The molecule has 1 N–H and O–H groups in total. The Bertz CT molecular complexity index is 2040. The van der Waals surface area contributed by atoms with Crippen molar-refractivity contribution in [3.05, 3.63) is 104 Å². The van der Waals surface area contributed by atoms with E-state index in [9.17, 15) is 14.4 Å². The number of hydrogen-bond donors (Lipinski definition) is 1. The molecular formula is C31H21ClN6O4. The van der Waals surface area contributed by atoms with Gasteiger partial charge in [-0.25, -0.2) is 9.94 Å². The molecule has 3 aromatic carbocycles. The number of benzene rings is 3. The molecule has 1 fully saturated rings. The summed E-state index contributed by atoms with van der Waals surface area (Å²) in [5.74, 6) is -0.352. The van der Waals surface area contributed by atoms with Crippen LogP contribution in [0.15, 0.2) is 65.6 Å². The fourth-order valence-corrected chi connectivity index (χ4v) is 5.67. The molecule has 3 heterocycles. The van der Waals surface area contributed by atoms with E-state index in [1.54, 1.807) is 60.4 Å². The quantitative estimate of drug-likeness (QED) is 0.210. The minimum Gasteiger partial charge on any atom is -0.501 e. The second-order valence-corrected chi connectivity index (χ2v) is 10.6. The summed E-state index contributed by atoms with van der Waals surface area (Å²) in [6.45, 7) is 7.74. The zero-order valence-electron chi connectivity index (χ0n) is 22.2. The molecule has 0 bridgehead atoms. The summed E-state index contributed by atoms with van der Waals surface area (Å²) in [6, 6.07) is 15.5. The topological polar surface area (TPSA) is 115 Å². The highest BCUT2D eigenvalue weighted by Gasteiger charge is 2.36. The van der Waals surface area contributed by atoms with E-state index < -0.39 is 17.4 Å². The van der Waals surface area contributed by atoms with E-state index in [1.807, 2.05) is 12.1 Å². The maximum atomic E-state index is 13.1. The molecule has 1 saturated carbocycles. The first-order chi connectivity index (χ1) is 20.4. The van der Waals surface area contributed by atoms with Gasteiger partial charge in [0.2, 0.25) is 5.69 Å². The molecule has 2 amide bonds. The summed E-state index contributed by atoms with van der Waals surface area (Å²) in [5.41, 5.74) is 3.41. The number of carbonyl (C=O) groups excluding carboxylic acids is 2. The lowest BCUT2D eigenvalue weighted by Crippen LogP contribution is -2.30. The Labute approximate surface area is 243 Å². The fourth-order valence-electron chi connectivity index (χ4n) is 5.37. The Morgan fingerprint density at radius 1 is 1.02 bits per heavy atom. The van der Waals surface area contributed by atoms with Crippen LogP contribution in [0.25, 0.3) is 38.0 Å². The van der Waals surface area contributed by atoms with Crippen molar-refractivity contribution in [3.8, 4) is 28.1 Å². The van der Waals surface area contributed by atoms with E-state index in [4.69, 9.17) is 22.9 Å². The number of ether oxygens (including phenoxy) is 1. The summed E-state index contributed by atoms with van der Waals surface area (Å²) in [4.78, 5) is 43.9. The monoisotopic (exact) mass is 576 g/mol. The van der Waals surface area contributed by atoms with Crippen LogP contribution in [0.1, 0.15) is 39.3 Å². The molecule has 206 valence electrons. The molecule has 0 saturated heterocycles. The molecule has 5 aromatic rings. The molecule has 2 aromatic heterocycles. The number of aromatic amines is 1. The van der Waals surface area contributed by atoms with Gasteiger partial charge in [-0.3, -0.25) is 24.0 Å². The van der Waals surface area contributed by atoms with Crippen LogP contribution in [-0.4, -0.2) is 42.8 Å². The van der Waals surface area contributed by atoms with Gasteiger partial charge in [0.15, 0.2) is 0 Å². The van der Waals surface area contributed by atoms with Gasteiger partial charge in [-0.2, -0.15) is 10.2 Å². The molecule has 0 spiro atoms. The van der Waals surface area contributed by atoms with Gasteiger partial charge in [0.05, 0.1) is 58.3 Å². The lowest BCUT2D eigenvalue weighted by molar-refractivity contribution is 0.0640. The van der Waals surface area contributed by atoms with E-state index in [2.05, 4.69) is 20.1 Å². The minimum atomic E-state index is -0.501. The van der Waals surface area contributed by atoms with Crippen LogP contribution in [0.2, 0.25) is 5.02 Å². The van der Waals surface area contributed by atoms with Crippen molar-refractivity contribution in [2.45, 2.75) is 25.5 Å². The molecular weight excluding hydrogens is 556 g/mol. The third kappa shape index (κ3) is 4.05. The Hall–Kier alpha value is -5.27. The molecule has 0 unspecified atom stereocenters. The highest BCUT2D eigenvalue weighted by molar-refractivity contribution is 6.36. The highest BCUT2D eigenvalue weighted by Crippen LogP contribution is 2.44. The van der Waals surface area contributed by atoms with Crippen LogP contribution >= 0.6 is 11.6 Å². The number of nitrogens with one attached hydrogen (secondary N) is 1. The summed E-state index contributed by atoms with van der Waals surface area (Å²) in [5, 5.41) is 11.9. The third-order valence-electron chi connectivity index (χ3n) is 7.54. The van der Waals surface area contributed by atoms with Crippen LogP contribution < -0.4 is 10.3 Å². The van der Waals surface area contributed by atoms with Gasteiger partial charge < -0.3 is 4.74 Å². The maximum Gasteiger partial charge on any atom is 0.273 e. The Morgan fingerprint density at radius 2 is 1.74 bits per heavy atom. The van der Waals surface area contributed by atoms with Gasteiger partial charge in [-0.1, -0.05) is 35.9 Å². The van der Waals surface area contributed by atoms with Crippen LogP contribution in [0.3, 0.4) is 0 Å². The van der Waals surface area contributed by atoms with Crippen molar-refractivity contribution in [3.63, 3.8) is 0 Å². The molecule has 0 atom stereocenters. The number of nitrogens with zero attached hydrogens (tertiary/aromatic N) is 5. The number of rotatable bonds is 6. The second-order valence-electron chi connectivity index (χ2n) is 10.2. The molecule has 42 heavy (non-hydrogen) atoms. The van der Waals surface area contributed by atoms with E-state index in [1.165, 1.54) is 0 Å². The van der Waals surface area contributed by atoms with Crippen LogP contribution in [0, 0.1) is 6.57 Å². The highest BCUT2D eigenvalue weighted by atomic mass is 35.5. The van der Waals surface area contributed by atoms with Gasteiger partial charge in [0, 0.05) is 23.6 Å². The summed E-state index contributed by atoms with van der Waals surface area (Å²) in [7, 11) is 1.78. The Balaban J connectivity index is 1.36. The van der Waals surface area contributed by atoms with Gasteiger partial charge in [0.25, 0.3) is 17.4 Å². The van der Waals surface area contributed by atoms with Crippen LogP contribution in [-0.2, 0) is 13.6 Å². The fraction of sp³-hybridized carbons (Fsp3) is 0.161. The second kappa shape index (κ2) is 9.68. The SMILES string of the molecule is [C-]#[N+]c1c(OC2CC2)cccc1-c1c(-c2cc(Cl)c3c(=O)[nH]nc(CN4C(=O)c5ccccc5C4=O)c3c2)cnn1C. The average Bonchev–Trinajstić information content (AvgIpc) is 3.68. The van der Waals surface area contributed by atoms with Crippen molar-refractivity contribution in [1.29, 1.82) is 0 Å². The molecule has 11 heteroatoms. The lowest BCUT2D eigenvalue weighted by Gasteiger charge is -2.16. The normalized spacial score (nSPS) is 14.4. The zero-order chi connectivity index (χ0) is 29.1.